The Hall–Kier alpha value is -1.53. The fraction of sp³-hybridized carbons (Fsp3) is 0.385. The highest BCUT2D eigenvalue weighted by Gasteiger charge is 2.56. The number of rotatable bonds is 4. The lowest BCUT2D eigenvalue weighted by Crippen LogP contribution is -2.52. The molecular weight excluding hydrogens is 299 g/mol. The van der Waals surface area contributed by atoms with Gasteiger partial charge >= 0.3 is 7.82 Å². The second-order valence-corrected chi connectivity index (χ2v) is 6.60. The standard InChI is InChI=1S/C13H13O7P/c1-17-10-4-2-9(3-5-10)11(14)12(15)13-6-18-21(16,19-7-13)20-8-13/h2-5H,6-8H2,1H3. The van der Waals surface area contributed by atoms with Crippen LogP contribution < -0.4 is 4.74 Å². The number of methoxy groups -OCH3 is 1. The van der Waals surface area contributed by atoms with Gasteiger partial charge in [-0.2, -0.15) is 0 Å². The molecule has 1 aromatic rings. The van der Waals surface area contributed by atoms with Crippen molar-refractivity contribution in [1.29, 1.82) is 0 Å². The molecule has 7 nitrogen and oxygen atoms in total. The molecule has 0 amide bonds. The summed E-state index contributed by atoms with van der Waals surface area (Å²) in [6.45, 7) is -0.402. The Morgan fingerprint density at radius 2 is 1.62 bits per heavy atom. The zero-order chi connectivity index (χ0) is 15.1. The van der Waals surface area contributed by atoms with Gasteiger partial charge in [-0.25, -0.2) is 4.57 Å². The number of phosphoric acid groups is 1. The van der Waals surface area contributed by atoms with E-state index in [1.165, 1.54) is 19.2 Å². The van der Waals surface area contributed by atoms with E-state index in [2.05, 4.69) is 0 Å². The Balaban J connectivity index is 1.81. The molecule has 0 N–H and O–H groups in total. The third kappa shape index (κ3) is 2.42. The lowest BCUT2D eigenvalue weighted by molar-refractivity contribution is -0.145. The van der Waals surface area contributed by atoms with Crippen LogP contribution in [0.3, 0.4) is 0 Å². The van der Waals surface area contributed by atoms with E-state index in [0.29, 0.717) is 5.75 Å². The van der Waals surface area contributed by atoms with Crippen molar-refractivity contribution >= 4 is 19.4 Å². The average molecular weight is 312 g/mol. The van der Waals surface area contributed by atoms with E-state index in [0.717, 1.165) is 0 Å². The van der Waals surface area contributed by atoms with Crippen LogP contribution in [0.25, 0.3) is 0 Å². The molecule has 112 valence electrons. The maximum absolute atomic E-state index is 12.4. The molecule has 0 aliphatic carbocycles. The van der Waals surface area contributed by atoms with Gasteiger partial charge in [0, 0.05) is 5.56 Å². The Morgan fingerprint density at radius 3 is 2.10 bits per heavy atom. The molecule has 3 fully saturated rings. The van der Waals surface area contributed by atoms with Gasteiger partial charge in [0.25, 0.3) is 0 Å². The molecule has 0 radical (unpaired) electrons. The molecule has 1 aromatic carbocycles. The number of hydrogen-bond donors (Lipinski definition) is 0. The predicted molar refractivity (Wildman–Crippen MR) is 70.2 cm³/mol. The Bertz CT molecular complexity index is 605. The van der Waals surface area contributed by atoms with Crippen LogP contribution in [0.4, 0.5) is 0 Å². The number of hydrogen-bond acceptors (Lipinski definition) is 7. The summed E-state index contributed by atoms with van der Waals surface area (Å²) in [6.07, 6.45) is 0. The number of fused-ring (bicyclic) bond motifs is 3. The van der Waals surface area contributed by atoms with Gasteiger partial charge in [-0.15, -0.1) is 0 Å². The van der Waals surface area contributed by atoms with E-state index in [1.54, 1.807) is 12.1 Å². The molecule has 0 unspecified atom stereocenters. The van der Waals surface area contributed by atoms with Crippen LogP contribution in [0.2, 0.25) is 0 Å². The van der Waals surface area contributed by atoms with Crippen molar-refractivity contribution in [3.63, 3.8) is 0 Å². The Labute approximate surface area is 120 Å². The number of benzene rings is 1. The van der Waals surface area contributed by atoms with Crippen LogP contribution >= 0.6 is 7.82 Å². The van der Waals surface area contributed by atoms with Crippen molar-refractivity contribution in [1.82, 2.24) is 0 Å². The highest BCUT2D eigenvalue weighted by atomic mass is 31.2. The summed E-state index contributed by atoms with van der Waals surface area (Å²) in [4.78, 5) is 24.7. The molecule has 3 aliphatic heterocycles. The minimum atomic E-state index is -3.50. The third-order valence-corrected chi connectivity index (χ3v) is 4.87. The molecule has 21 heavy (non-hydrogen) atoms. The molecule has 0 saturated carbocycles. The van der Waals surface area contributed by atoms with Gasteiger partial charge < -0.3 is 4.74 Å². The van der Waals surface area contributed by atoms with Crippen LogP contribution in [0, 0.1) is 5.41 Å². The Kier molecular flexibility index (Phi) is 3.45. The molecule has 3 saturated heterocycles. The fourth-order valence-electron chi connectivity index (χ4n) is 2.16. The minimum absolute atomic E-state index is 0.134. The summed E-state index contributed by atoms with van der Waals surface area (Å²) in [5.74, 6) is -0.742. The van der Waals surface area contributed by atoms with E-state index in [9.17, 15) is 14.2 Å². The predicted octanol–water partition coefficient (Wildman–Crippen LogP) is 1.62. The maximum atomic E-state index is 12.4. The van der Waals surface area contributed by atoms with Crippen LogP contribution in [0.5, 0.6) is 5.75 Å². The number of carbonyl (C=O) groups is 2. The largest absolute Gasteiger partial charge is 0.497 e. The lowest BCUT2D eigenvalue weighted by atomic mass is 9.82. The van der Waals surface area contributed by atoms with Crippen LogP contribution in [0.15, 0.2) is 24.3 Å². The minimum Gasteiger partial charge on any atom is -0.497 e. The van der Waals surface area contributed by atoms with E-state index in [-0.39, 0.29) is 25.4 Å². The maximum Gasteiger partial charge on any atom is 0.474 e. The van der Waals surface area contributed by atoms with Crippen molar-refractivity contribution in [2.45, 2.75) is 0 Å². The van der Waals surface area contributed by atoms with Crippen molar-refractivity contribution in [3.05, 3.63) is 29.8 Å². The first-order chi connectivity index (χ1) is 9.98. The molecule has 8 heteroatoms. The second-order valence-electron chi connectivity index (χ2n) is 4.93. The lowest BCUT2D eigenvalue weighted by Gasteiger charge is -2.42. The first-order valence-corrected chi connectivity index (χ1v) is 7.71. The highest BCUT2D eigenvalue weighted by Crippen LogP contribution is 2.60. The summed E-state index contributed by atoms with van der Waals surface area (Å²) in [5, 5.41) is 0. The van der Waals surface area contributed by atoms with Gasteiger partial charge in [0.1, 0.15) is 11.2 Å². The number of carbonyl (C=O) groups excluding carboxylic acids is 2. The smallest absolute Gasteiger partial charge is 0.474 e. The normalized spacial score (nSPS) is 30.9. The zero-order valence-electron chi connectivity index (χ0n) is 11.2. The first-order valence-electron chi connectivity index (χ1n) is 6.25. The van der Waals surface area contributed by atoms with Crippen molar-refractivity contribution in [2.75, 3.05) is 26.9 Å². The number of Topliss-reactive ketones (excluding diaryl/α,β-unsaturated/α-hetero) is 2. The van der Waals surface area contributed by atoms with E-state index < -0.39 is 24.8 Å². The molecule has 0 spiro atoms. The van der Waals surface area contributed by atoms with Gasteiger partial charge in [0.05, 0.1) is 26.9 Å². The summed E-state index contributed by atoms with van der Waals surface area (Å²) >= 11 is 0. The van der Waals surface area contributed by atoms with Gasteiger partial charge in [-0.3, -0.25) is 23.2 Å². The van der Waals surface area contributed by atoms with Gasteiger partial charge in [0.15, 0.2) is 0 Å². The number of ketones is 2. The van der Waals surface area contributed by atoms with Crippen LogP contribution in [-0.2, 0) is 22.9 Å². The van der Waals surface area contributed by atoms with Crippen molar-refractivity contribution in [2.24, 2.45) is 5.41 Å². The van der Waals surface area contributed by atoms with Crippen LogP contribution in [0.1, 0.15) is 10.4 Å². The van der Waals surface area contributed by atoms with E-state index in [1.807, 2.05) is 0 Å². The zero-order valence-corrected chi connectivity index (χ0v) is 12.1. The number of ether oxygens (including phenoxy) is 1. The molecule has 3 heterocycles. The second kappa shape index (κ2) is 5.03. The molecule has 0 atom stereocenters. The summed E-state index contributed by atoms with van der Waals surface area (Å²) in [7, 11) is -1.99. The van der Waals surface area contributed by atoms with E-state index in [4.69, 9.17) is 18.3 Å². The highest BCUT2D eigenvalue weighted by molar-refractivity contribution is 7.48. The third-order valence-electron chi connectivity index (χ3n) is 3.54. The molecule has 4 rings (SSSR count). The summed E-state index contributed by atoms with van der Waals surface area (Å²) in [6, 6.07) is 6.21. The SMILES string of the molecule is COc1ccc(C(=O)C(=O)C23COP(=O)(OC2)OC3)cc1. The van der Waals surface area contributed by atoms with Crippen LogP contribution in [-0.4, -0.2) is 38.5 Å². The molecular formula is C13H13O7P. The quantitative estimate of drug-likeness (QED) is 0.474. The van der Waals surface area contributed by atoms with Gasteiger partial charge in [-0.05, 0) is 24.3 Å². The van der Waals surface area contributed by atoms with E-state index >= 15 is 0 Å². The van der Waals surface area contributed by atoms with Gasteiger partial charge in [0.2, 0.25) is 11.6 Å². The van der Waals surface area contributed by atoms with Crippen molar-refractivity contribution in [3.8, 4) is 5.75 Å². The molecule has 2 bridgehead atoms. The first kappa shape index (κ1) is 14.4. The number of phosphoric ester groups is 1. The summed E-state index contributed by atoms with van der Waals surface area (Å²) in [5.41, 5.74) is -0.974. The Morgan fingerprint density at radius 1 is 1.10 bits per heavy atom. The monoisotopic (exact) mass is 312 g/mol. The average Bonchev–Trinajstić information content (AvgIpc) is 2.54. The summed E-state index contributed by atoms with van der Waals surface area (Å²) < 4.78 is 31.4. The van der Waals surface area contributed by atoms with Crippen molar-refractivity contribution < 1.29 is 32.5 Å². The fourth-order valence-corrected chi connectivity index (χ4v) is 3.59. The molecule has 0 aromatic heterocycles. The molecule has 3 aliphatic rings. The van der Waals surface area contributed by atoms with Gasteiger partial charge in [-0.1, -0.05) is 0 Å². The topological polar surface area (TPSA) is 88.1 Å².